The van der Waals surface area contributed by atoms with Crippen molar-refractivity contribution in [3.8, 4) is 0 Å². The lowest BCUT2D eigenvalue weighted by Gasteiger charge is -1.99. The van der Waals surface area contributed by atoms with E-state index in [2.05, 4.69) is 13.0 Å². The SMILES string of the molecule is CCCCCC=CCC(O)C=CC=CCCC(=O)O. The van der Waals surface area contributed by atoms with Crippen molar-refractivity contribution in [2.45, 2.75) is 58.0 Å². The fourth-order valence-electron chi connectivity index (χ4n) is 1.52. The highest BCUT2D eigenvalue weighted by Gasteiger charge is 1.93. The number of aliphatic hydroxyl groups excluding tert-OH is 1. The molecule has 0 aliphatic rings. The zero-order valence-electron chi connectivity index (χ0n) is 11.8. The molecule has 0 saturated heterocycles. The molecule has 0 heterocycles. The zero-order chi connectivity index (χ0) is 14.3. The average Bonchev–Trinajstić information content (AvgIpc) is 2.37. The molecule has 0 aromatic carbocycles. The van der Waals surface area contributed by atoms with E-state index >= 15 is 0 Å². The Morgan fingerprint density at radius 1 is 1.11 bits per heavy atom. The molecule has 0 aromatic rings. The van der Waals surface area contributed by atoms with Gasteiger partial charge < -0.3 is 10.2 Å². The van der Waals surface area contributed by atoms with Gasteiger partial charge in [-0.15, -0.1) is 0 Å². The van der Waals surface area contributed by atoms with Crippen molar-refractivity contribution in [3.05, 3.63) is 36.5 Å². The van der Waals surface area contributed by atoms with E-state index in [0.717, 1.165) is 6.42 Å². The molecule has 0 saturated carbocycles. The van der Waals surface area contributed by atoms with Gasteiger partial charge in [-0.1, -0.05) is 56.2 Å². The van der Waals surface area contributed by atoms with E-state index in [1.807, 2.05) is 6.08 Å². The molecule has 3 nitrogen and oxygen atoms in total. The minimum Gasteiger partial charge on any atom is -0.481 e. The third-order valence-electron chi connectivity index (χ3n) is 2.62. The van der Waals surface area contributed by atoms with Gasteiger partial charge >= 0.3 is 5.97 Å². The van der Waals surface area contributed by atoms with Crippen molar-refractivity contribution in [1.82, 2.24) is 0 Å². The highest BCUT2D eigenvalue weighted by Crippen LogP contribution is 2.02. The van der Waals surface area contributed by atoms with Crippen LogP contribution in [0.1, 0.15) is 51.9 Å². The second-order valence-corrected chi connectivity index (χ2v) is 4.52. The van der Waals surface area contributed by atoms with Crippen molar-refractivity contribution in [1.29, 1.82) is 0 Å². The van der Waals surface area contributed by atoms with E-state index < -0.39 is 12.1 Å². The summed E-state index contributed by atoms with van der Waals surface area (Å²) in [6, 6.07) is 0. The Balaban J connectivity index is 3.61. The lowest BCUT2D eigenvalue weighted by Crippen LogP contribution is -1.98. The van der Waals surface area contributed by atoms with Gasteiger partial charge in [-0.05, 0) is 25.7 Å². The van der Waals surface area contributed by atoms with E-state index in [-0.39, 0.29) is 6.42 Å². The third-order valence-corrected chi connectivity index (χ3v) is 2.62. The second kappa shape index (κ2) is 13.1. The molecule has 0 rings (SSSR count). The van der Waals surface area contributed by atoms with Crippen LogP contribution in [0.4, 0.5) is 0 Å². The molecule has 0 aliphatic heterocycles. The first-order valence-corrected chi connectivity index (χ1v) is 7.05. The van der Waals surface area contributed by atoms with Gasteiger partial charge in [0.15, 0.2) is 0 Å². The van der Waals surface area contributed by atoms with Crippen LogP contribution in [-0.4, -0.2) is 22.3 Å². The minimum atomic E-state index is -0.790. The van der Waals surface area contributed by atoms with Crippen LogP contribution < -0.4 is 0 Å². The Morgan fingerprint density at radius 3 is 2.58 bits per heavy atom. The van der Waals surface area contributed by atoms with Crippen LogP contribution in [0.5, 0.6) is 0 Å². The van der Waals surface area contributed by atoms with E-state index in [1.54, 1.807) is 24.3 Å². The summed E-state index contributed by atoms with van der Waals surface area (Å²) in [5.41, 5.74) is 0. The van der Waals surface area contributed by atoms with Crippen molar-refractivity contribution in [2.75, 3.05) is 0 Å². The molecule has 0 aliphatic carbocycles. The highest BCUT2D eigenvalue weighted by atomic mass is 16.4. The first-order chi connectivity index (χ1) is 9.16. The summed E-state index contributed by atoms with van der Waals surface area (Å²) in [7, 11) is 0. The number of allylic oxidation sites excluding steroid dienone is 4. The number of carbonyl (C=O) groups is 1. The number of rotatable bonds is 11. The number of unbranched alkanes of at least 4 members (excludes halogenated alkanes) is 3. The first-order valence-electron chi connectivity index (χ1n) is 7.05. The van der Waals surface area contributed by atoms with Crippen LogP contribution in [0.15, 0.2) is 36.5 Å². The van der Waals surface area contributed by atoms with Crippen LogP contribution >= 0.6 is 0 Å². The lowest BCUT2D eigenvalue weighted by atomic mass is 10.1. The molecule has 1 atom stereocenters. The number of hydrogen-bond donors (Lipinski definition) is 2. The first kappa shape index (κ1) is 17.6. The summed E-state index contributed by atoms with van der Waals surface area (Å²) in [6.07, 6.45) is 16.8. The summed E-state index contributed by atoms with van der Waals surface area (Å²) in [6.45, 7) is 2.18. The summed E-state index contributed by atoms with van der Waals surface area (Å²) in [5.74, 6) is -0.790. The molecule has 1 unspecified atom stereocenters. The Labute approximate surface area is 116 Å². The van der Waals surface area contributed by atoms with Crippen LogP contribution in [0.2, 0.25) is 0 Å². The summed E-state index contributed by atoms with van der Waals surface area (Å²) < 4.78 is 0. The fraction of sp³-hybridized carbons (Fsp3) is 0.562. The fourth-order valence-corrected chi connectivity index (χ4v) is 1.52. The molecule has 0 spiro atoms. The van der Waals surface area contributed by atoms with E-state index in [0.29, 0.717) is 12.8 Å². The third kappa shape index (κ3) is 14.6. The maximum Gasteiger partial charge on any atom is 0.303 e. The van der Waals surface area contributed by atoms with Gasteiger partial charge in [-0.3, -0.25) is 4.79 Å². The molecule has 0 aromatic heterocycles. The molecule has 3 heteroatoms. The van der Waals surface area contributed by atoms with Crippen LogP contribution in [-0.2, 0) is 4.79 Å². The van der Waals surface area contributed by atoms with Gasteiger partial charge in [0.05, 0.1) is 6.10 Å². The van der Waals surface area contributed by atoms with Crippen molar-refractivity contribution >= 4 is 5.97 Å². The monoisotopic (exact) mass is 266 g/mol. The summed E-state index contributed by atoms with van der Waals surface area (Å²) in [4.78, 5) is 10.3. The highest BCUT2D eigenvalue weighted by molar-refractivity contribution is 5.66. The van der Waals surface area contributed by atoms with Crippen molar-refractivity contribution in [3.63, 3.8) is 0 Å². The van der Waals surface area contributed by atoms with E-state index in [9.17, 15) is 9.90 Å². The normalized spacial score (nSPS) is 13.8. The Kier molecular flexibility index (Phi) is 12.2. The molecule has 0 radical (unpaired) electrons. The quantitative estimate of drug-likeness (QED) is 0.339. The maximum atomic E-state index is 10.3. The molecule has 19 heavy (non-hydrogen) atoms. The molecular formula is C16H26O3. The smallest absolute Gasteiger partial charge is 0.303 e. The van der Waals surface area contributed by atoms with Crippen molar-refractivity contribution < 1.29 is 15.0 Å². The summed E-state index contributed by atoms with van der Waals surface area (Å²) in [5, 5.41) is 18.1. The molecule has 2 N–H and O–H groups in total. The standard InChI is InChI=1S/C16H26O3/c1-2-3-4-5-6-9-12-15(17)13-10-7-8-11-14-16(18)19/h6-10,13,15,17H,2-5,11-12,14H2,1H3,(H,18,19). The number of carboxylic acids is 1. The predicted molar refractivity (Wildman–Crippen MR) is 79.1 cm³/mol. The Bertz CT molecular complexity index is 303. The summed E-state index contributed by atoms with van der Waals surface area (Å²) >= 11 is 0. The van der Waals surface area contributed by atoms with Gasteiger partial charge in [0.2, 0.25) is 0 Å². The number of aliphatic hydroxyl groups is 1. The zero-order valence-corrected chi connectivity index (χ0v) is 11.8. The van der Waals surface area contributed by atoms with E-state index in [4.69, 9.17) is 5.11 Å². The molecular weight excluding hydrogens is 240 g/mol. The Hall–Kier alpha value is -1.35. The van der Waals surface area contributed by atoms with Gasteiger partial charge in [-0.2, -0.15) is 0 Å². The minimum absolute atomic E-state index is 0.146. The molecule has 0 fully saturated rings. The van der Waals surface area contributed by atoms with Crippen LogP contribution in [0, 0.1) is 0 Å². The number of carboxylic acid groups (broad SMARTS) is 1. The van der Waals surface area contributed by atoms with Crippen LogP contribution in [0.3, 0.4) is 0 Å². The lowest BCUT2D eigenvalue weighted by molar-refractivity contribution is -0.136. The average molecular weight is 266 g/mol. The van der Waals surface area contributed by atoms with Gasteiger partial charge in [0, 0.05) is 6.42 Å². The topological polar surface area (TPSA) is 57.5 Å². The van der Waals surface area contributed by atoms with Crippen molar-refractivity contribution in [2.24, 2.45) is 0 Å². The Morgan fingerprint density at radius 2 is 1.89 bits per heavy atom. The van der Waals surface area contributed by atoms with Crippen LogP contribution in [0.25, 0.3) is 0 Å². The number of aliphatic carboxylic acids is 1. The largest absolute Gasteiger partial charge is 0.481 e. The van der Waals surface area contributed by atoms with E-state index in [1.165, 1.54) is 19.3 Å². The molecule has 0 amide bonds. The predicted octanol–water partition coefficient (Wildman–Crippen LogP) is 3.85. The van der Waals surface area contributed by atoms with Gasteiger partial charge in [0.25, 0.3) is 0 Å². The molecule has 0 bridgehead atoms. The van der Waals surface area contributed by atoms with Gasteiger partial charge in [0.1, 0.15) is 0 Å². The number of hydrogen-bond acceptors (Lipinski definition) is 2. The second-order valence-electron chi connectivity index (χ2n) is 4.52. The maximum absolute atomic E-state index is 10.3. The molecule has 108 valence electrons. The van der Waals surface area contributed by atoms with Gasteiger partial charge in [-0.25, -0.2) is 0 Å².